The molecule has 1 heterocycles. The van der Waals surface area contributed by atoms with E-state index in [-0.39, 0.29) is 5.96 Å². The maximum absolute atomic E-state index is 10.6. The molecule has 1 aromatic heterocycles. The summed E-state index contributed by atoms with van der Waals surface area (Å²) in [4.78, 5) is 33.7. The second-order valence-electron chi connectivity index (χ2n) is 2.61. The van der Waals surface area contributed by atoms with Gasteiger partial charge >= 0.3 is 16.9 Å². The predicted molar refractivity (Wildman–Crippen MR) is 60.4 cm³/mol. The lowest BCUT2D eigenvalue weighted by atomic mass is 10.5. The number of nitrogens with zero attached hydrogens (tertiary/aromatic N) is 3. The number of nitrogens with one attached hydrogen (secondary N) is 2. The molecule has 0 aromatic carbocycles. The van der Waals surface area contributed by atoms with E-state index in [1.807, 2.05) is 4.98 Å². The van der Waals surface area contributed by atoms with Gasteiger partial charge in [-0.15, -0.1) is 5.10 Å². The summed E-state index contributed by atoms with van der Waals surface area (Å²) in [5, 5.41) is 13.6. The van der Waals surface area contributed by atoms with Crippen LogP contribution in [0, 0.1) is 10.1 Å². The summed E-state index contributed by atoms with van der Waals surface area (Å²) >= 11 is 0. The predicted octanol–water partition coefficient (Wildman–Crippen LogP) is -3.80. The maximum Gasteiger partial charge on any atom is 0.349 e. The van der Waals surface area contributed by atoms with Gasteiger partial charge in [0.1, 0.15) is 0 Å². The molecule has 0 spiro atoms. The molecule has 0 fully saturated rings. The Bertz CT molecular complexity index is 542. The van der Waals surface area contributed by atoms with Gasteiger partial charge in [-0.2, -0.15) is 0 Å². The number of hydrazone groups is 1. The number of nitrogens with two attached hydrogens (primary N) is 4. The second kappa shape index (κ2) is 6.61. The number of hydrogen-bond acceptors (Lipinski definition) is 8. The summed E-state index contributed by atoms with van der Waals surface area (Å²) in [6.07, 6.45) is 0.751. The lowest BCUT2D eigenvalue weighted by Crippen LogP contribution is -2.48. The van der Waals surface area contributed by atoms with Gasteiger partial charge in [-0.25, -0.2) is 21.6 Å². The molecule has 18 heavy (non-hydrogen) atoms. The second-order valence-corrected chi connectivity index (χ2v) is 2.61. The topological polar surface area (TPSA) is 229 Å². The molecule has 0 aliphatic carbocycles. The van der Waals surface area contributed by atoms with Crippen LogP contribution in [0.2, 0.25) is 0 Å². The molecule has 0 amide bonds. The van der Waals surface area contributed by atoms with Crippen LogP contribution in [-0.4, -0.2) is 26.0 Å². The Hall–Kier alpha value is -2.93. The molecule has 13 nitrogen and oxygen atoms in total. The first-order chi connectivity index (χ1) is 8.29. The Balaban J connectivity index is 0.000000360. The third kappa shape index (κ3) is 4.73. The van der Waals surface area contributed by atoms with E-state index in [9.17, 15) is 19.7 Å². The number of nitro groups is 1. The largest absolute Gasteiger partial charge is 0.366 e. The van der Waals surface area contributed by atoms with Gasteiger partial charge < -0.3 is 16.6 Å². The molecule has 0 bridgehead atoms. The number of hydrogen-bond donors (Lipinski definition) is 6. The molecule has 0 saturated carbocycles. The number of aromatic nitrogens is 2. The molecule has 0 saturated heterocycles. The summed E-state index contributed by atoms with van der Waals surface area (Å²) in [5.74, 6) is 14.2. The van der Waals surface area contributed by atoms with Crippen LogP contribution < -0.4 is 34.5 Å². The van der Waals surface area contributed by atoms with Crippen LogP contribution in [-0.2, 0) is 0 Å². The highest BCUT2D eigenvalue weighted by molar-refractivity contribution is 5.76. The summed E-state index contributed by atoms with van der Waals surface area (Å²) in [7, 11) is 0. The zero-order valence-corrected chi connectivity index (χ0v) is 8.86. The third-order valence-electron chi connectivity index (χ3n) is 1.39. The standard InChI is InChI=1S/C4H3N3O4.CH8N6/c8-3-2(7(10)11)1-5-4(9)6-3;2-1(6-3)7(4)5/h1H,(H2,5,6,8,9);3-5H2,(H2,2,6). The van der Waals surface area contributed by atoms with Gasteiger partial charge in [-0.05, 0) is 0 Å². The molecular weight excluding hydrogens is 250 g/mol. The van der Waals surface area contributed by atoms with E-state index in [0.29, 0.717) is 5.12 Å². The average Bonchev–Trinajstić information content (AvgIpc) is 2.27. The van der Waals surface area contributed by atoms with Gasteiger partial charge in [-0.3, -0.25) is 19.9 Å². The molecular formula is C5H11N9O4. The molecule has 0 unspecified atom stereocenters. The fraction of sp³-hybridized carbons (Fsp3) is 0. The van der Waals surface area contributed by atoms with Gasteiger partial charge in [0.2, 0.25) is 5.96 Å². The quantitative estimate of drug-likeness (QED) is 0.0954. The van der Waals surface area contributed by atoms with Crippen LogP contribution in [0.3, 0.4) is 0 Å². The SMILES string of the molecule is N/N=C(\N)N(N)N.O=c1[nH]cc([N+](=O)[O-])c(=O)[nH]1. The summed E-state index contributed by atoms with van der Waals surface area (Å²) in [6.45, 7) is 0. The molecule has 1 aromatic rings. The number of rotatable bonds is 1. The van der Waals surface area contributed by atoms with Crippen molar-refractivity contribution in [1.29, 1.82) is 0 Å². The number of H-pyrrole nitrogens is 2. The van der Waals surface area contributed by atoms with Crippen LogP contribution in [0.5, 0.6) is 0 Å². The highest BCUT2D eigenvalue weighted by atomic mass is 16.6. The molecule has 0 aliphatic rings. The average molecular weight is 261 g/mol. The highest BCUT2D eigenvalue weighted by Gasteiger charge is 2.10. The van der Waals surface area contributed by atoms with Gasteiger partial charge in [0.05, 0.1) is 11.1 Å². The first-order valence-corrected chi connectivity index (χ1v) is 4.08. The van der Waals surface area contributed by atoms with Crippen molar-refractivity contribution in [3.8, 4) is 0 Å². The van der Waals surface area contributed by atoms with Gasteiger partial charge in [0.25, 0.3) is 0 Å². The lowest BCUT2D eigenvalue weighted by molar-refractivity contribution is -0.386. The Kier molecular flexibility index (Phi) is 5.53. The van der Waals surface area contributed by atoms with Crippen molar-refractivity contribution in [3.63, 3.8) is 0 Å². The van der Waals surface area contributed by atoms with Crippen LogP contribution in [0.15, 0.2) is 20.9 Å². The molecule has 0 radical (unpaired) electrons. The monoisotopic (exact) mass is 261 g/mol. The zero-order valence-electron chi connectivity index (χ0n) is 8.86. The minimum Gasteiger partial charge on any atom is -0.366 e. The van der Waals surface area contributed by atoms with Crippen LogP contribution in [0.25, 0.3) is 0 Å². The fourth-order valence-electron chi connectivity index (χ4n) is 0.605. The fourth-order valence-corrected chi connectivity index (χ4v) is 0.605. The van der Waals surface area contributed by atoms with Crippen molar-refractivity contribution in [2.24, 2.45) is 28.4 Å². The van der Waals surface area contributed by atoms with Gasteiger partial charge in [0, 0.05) is 0 Å². The van der Waals surface area contributed by atoms with Gasteiger partial charge in [0.15, 0.2) is 0 Å². The molecule has 1 rings (SSSR count). The summed E-state index contributed by atoms with van der Waals surface area (Å²) < 4.78 is 0. The van der Waals surface area contributed by atoms with Crippen molar-refractivity contribution in [2.75, 3.05) is 0 Å². The van der Waals surface area contributed by atoms with Crippen LogP contribution in [0.1, 0.15) is 0 Å². The van der Waals surface area contributed by atoms with E-state index in [1.54, 1.807) is 4.98 Å². The summed E-state index contributed by atoms with van der Waals surface area (Å²) in [5.41, 5.74) is 2.48. The van der Waals surface area contributed by atoms with E-state index in [4.69, 9.17) is 17.4 Å². The van der Waals surface area contributed by atoms with Crippen molar-refractivity contribution in [1.82, 2.24) is 15.1 Å². The van der Waals surface area contributed by atoms with E-state index < -0.39 is 21.9 Å². The van der Waals surface area contributed by atoms with E-state index in [2.05, 4.69) is 10.9 Å². The minimum atomic E-state index is -1.00. The van der Waals surface area contributed by atoms with Crippen LogP contribution >= 0.6 is 0 Å². The van der Waals surface area contributed by atoms with Crippen molar-refractivity contribution in [3.05, 3.63) is 37.1 Å². The van der Waals surface area contributed by atoms with Gasteiger partial charge in [-0.1, -0.05) is 0 Å². The summed E-state index contributed by atoms with van der Waals surface area (Å²) in [6, 6.07) is 0. The molecule has 10 N–H and O–H groups in total. The number of aromatic amines is 2. The zero-order chi connectivity index (χ0) is 14.3. The van der Waals surface area contributed by atoms with Crippen LogP contribution in [0.4, 0.5) is 5.69 Å². The molecule has 0 atom stereocenters. The Morgan fingerprint density at radius 1 is 1.44 bits per heavy atom. The van der Waals surface area contributed by atoms with Crippen molar-refractivity contribution in [2.45, 2.75) is 0 Å². The first kappa shape index (κ1) is 15.1. The Labute approximate surface area is 98.1 Å². The lowest BCUT2D eigenvalue weighted by Gasteiger charge is -2.06. The smallest absolute Gasteiger partial charge is 0.349 e. The highest BCUT2D eigenvalue weighted by Crippen LogP contribution is 1.94. The van der Waals surface area contributed by atoms with Crippen molar-refractivity contribution < 1.29 is 4.92 Å². The number of hydrazine groups is 2. The van der Waals surface area contributed by atoms with E-state index >= 15 is 0 Å². The van der Waals surface area contributed by atoms with E-state index in [0.717, 1.165) is 6.20 Å². The van der Waals surface area contributed by atoms with Crippen molar-refractivity contribution >= 4 is 11.6 Å². The molecule has 100 valence electrons. The Morgan fingerprint density at radius 3 is 2.28 bits per heavy atom. The minimum absolute atomic E-state index is 0.111. The first-order valence-electron chi connectivity index (χ1n) is 4.08. The maximum atomic E-state index is 10.6. The Morgan fingerprint density at radius 2 is 2.00 bits per heavy atom. The third-order valence-corrected chi connectivity index (χ3v) is 1.39. The number of guanidine groups is 1. The normalized spacial score (nSPS) is 10.2. The molecule has 13 heteroatoms. The molecule has 0 aliphatic heterocycles. The van der Waals surface area contributed by atoms with E-state index in [1.165, 1.54) is 0 Å².